The zero-order valence-corrected chi connectivity index (χ0v) is 7.62. The molecule has 0 fully saturated rings. The highest BCUT2D eigenvalue weighted by Gasteiger charge is 2.00. The van der Waals surface area contributed by atoms with Gasteiger partial charge in [0.2, 0.25) is 0 Å². The van der Waals surface area contributed by atoms with E-state index < -0.39 is 0 Å². The lowest BCUT2D eigenvalue weighted by molar-refractivity contribution is -0.776. The van der Waals surface area contributed by atoms with Gasteiger partial charge in [0.05, 0.1) is 5.10 Å². The average Bonchev–Trinajstić information content (AvgIpc) is 1.90. The highest BCUT2D eigenvalue weighted by atomic mass is 79.9. The first-order valence-corrected chi connectivity index (χ1v) is 3.00. The Morgan fingerprint density at radius 1 is 1.40 bits per heavy atom. The summed E-state index contributed by atoms with van der Waals surface area (Å²) in [5.74, 6) is 0. The van der Waals surface area contributed by atoms with Gasteiger partial charge in [-0.25, -0.2) is 0 Å². The molecule has 0 saturated heterocycles. The standard InChI is InChI=1S/C6H10N3.BrH/c1-6(2)9-5-3-4-7-8-9;/h3-6H,1-2H3;1H/q+1;/p-1. The smallest absolute Gasteiger partial charge is 0.171 e. The van der Waals surface area contributed by atoms with E-state index in [1.54, 1.807) is 10.9 Å². The summed E-state index contributed by atoms with van der Waals surface area (Å²) in [6.45, 7) is 4.13. The molecule has 0 spiro atoms. The van der Waals surface area contributed by atoms with Crippen LogP contribution >= 0.6 is 0 Å². The molecule has 1 aromatic rings. The SMILES string of the molecule is CC(C)[n+]1cccnn1.[Br-]. The Bertz CT molecular complexity index is 176. The first kappa shape index (κ1) is 9.49. The van der Waals surface area contributed by atoms with Crippen LogP contribution in [0.5, 0.6) is 0 Å². The molecule has 0 aliphatic carbocycles. The van der Waals surface area contributed by atoms with Crippen molar-refractivity contribution >= 4 is 0 Å². The lowest BCUT2D eigenvalue weighted by Gasteiger charge is -1.95. The summed E-state index contributed by atoms with van der Waals surface area (Å²) in [4.78, 5) is 0. The number of nitrogens with zero attached hydrogens (tertiary/aromatic N) is 3. The lowest BCUT2D eigenvalue weighted by atomic mass is 10.4. The normalized spacial score (nSPS) is 9.10. The Balaban J connectivity index is 0.000000810. The molecule has 4 heteroatoms. The van der Waals surface area contributed by atoms with E-state index in [-0.39, 0.29) is 17.0 Å². The van der Waals surface area contributed by atoms with Gasteiger partial charge in [0, 0.05) is 6.07 Å². The largest absolute Gasteiger partial charge is 1.00 e. The molecule has 3 nitrogen and oxygen atoms in total. The molecule has 0 aliphatic rings. The minimum atomic E-state index is 0. The summed E-state index contributed by atoms with van der Waals surface area (Å²) in [7, 11) is 0. The average molecular weight is 204 g/mol. The Hall–Kier alpha value is -0.510. The molecule has 1 aromatic heterocycles. The molecule has 0 unspecified atom stereocenters. The third-order valence-electron chi connectivity index (χ3n) is 1.08. The van der Waals surface area contributed by atoms with Crippen LogP contribution in [-0.4, -0.2) is 10.3 Å². The Morgan fingerprint density at radius 2 is 2.10 bits per heavy atom. The topological polar surface area (TPSA) is 29.7 Å². The van der Waals surface area contributed by atoms with Crippen molar-refractivity contribution in [1.29, 1.82) is 0 Å². The highest BCUT2D eigenvalue weighted by molar-refractivity contribution is 4.65. The molecule has 0 atom stereocenters. The van der Waals surface area contributed by atoms with Gasteiger partial charge < -0.3 is 17.0 Å². The highest BCUT2D eigenvalue weighted by Crippen LogP contribution is 1.84. The van der Waals surface area contributed by atoms with E-state index in [2.05, 4.69) is 24.2 Å². The van der Waals surface area contributed by atoms with Crippen molar-refractivity contribution in [3.63, 3.8) is 0 Å². The molecule has 0 saturated carbocycles. The summed E-state index contributed by atoms with van der Waals surface area (Å²) in [5, 5.41) is 7.56. The van der Waals surface area contributed by atoms with Gasteiger partial charge in [0.1, 0.15) is 17.5 Å². The predicted molar refractivity (Wildman–Crippen MR) is 32.6 cm³/mol. The van der Waals surface area contributed by atoms with Crippen LogP contribution in [0.3, 0.4) is 0 Å². The van der Waals surface area contributed by atoms with E-state index in [1.165, 1.54) is 0 Å². The zero-order valence-electron chi connectivity index (χ0n) is 6.03. The molecular weight excluding hydrogens is 194 g/mol. The van der Waals surface area contributed by atoms with Crippen LogP contribution in [0.25, 0.3) is 0 Å². The van der Waals surface area contributed by atoms with E-state index in [4.69, 9.17) is 0 Å². The van der Waals surface area contributed by atoms with E-state index in [0.29, 0.717) is 6.04 Å². The van der Waals surface area contributed by atoms with Gasteiger partial charge in [-0.05, 0) is 13.8 Å². The Labute approximate surface area is 70.8 Å². The van der Waals surface area contributed by atoms with Crippen LogP contribution in [0, 0.1) is 0 Å². The van der Waals surface area contributed by atoms with E-state index in [9.17, 15) is 0 Å². The van der Waals surface area contributed by atoms with Crippen molar-refractivity contribution in [3.05, 3.63) is 18.5 Å². The molecule has 0 radical (unpaired) electrons. The fourth-order valence-electron chi connectivity index (χ4n) is 0.560. The molecule has 0 aliphatic heterocycles. The van der Waals surface area contributed by atoms with E-state index in [1.807, 2.05) is 12.3 Å². The molecule has 56 valence electrons. The molecule has 0 amide bonds. The number of aromatic nitrogens is 3. The first-order valence-electron chi connectivity index (χ1n) is 3.00. The van der Waals surface area contributed by atoms with Gasteiger partial charge in [0.15, 0.2) is 6.20 Å². The predicted octanol–water partition coefficient (Wildman–Crippen LogP) is -2.65. The van der Waals surface area contributed by atoms with E-state index >= 15 is 0 Å². The van der Waals surface area contributed by atoms with Gasteiger partial charge in [-0.2, -0.15) is 0 Å². The van der Waals surface area contributed by atoms with Crippen LogP contribution in [0.4, 0.5) is 0 Å². The minimum Gasteiger partial charge on any atom is -1.00 e. The maximum atomic E-state index is 3.84. The van der Waals surface area contributed by atoms with E-state index in [0.717, 1.165) is 0 Å². The Morgan fingerprint density at radius 3 is 2.40 bits per heavy atom. The van der Waals surface area contributed by atoms with Crippen molar-refractivity contribution in [2.45, 2.75) is 19.9 Å². The molecule has 10 heavy (non-hydrogen) atoms. The molecule has 0 aromatic carbocycles. The fourth-order valence-corrected chi connectivity index (χ4v) is 0.560. The maximum absolute atomic E-state index is 3.84. The Kier molecular flexibility index (Phi) is 4.11. The van der Waals surface area contributed by atoms with Crippen LogP contribution in [0.1, 0.15) is 19.9 Å². The minimum absolute atomic E-state index is 0. The zero-order chi connectivity index (χ0) is 6.69. The molecule has 0 bridgehead atoms. The van der Waals surface area contributed by atoms with Crippen LogP contribution in [0.15, 0.2) is 18.5 Å². The summed E-state index contributed by atoms with van der Waals surface area (Å²) >= 11 is 0. The molecule has 1 rings (SSSR count). The number of hydrogen-bond acceptors (Lipinski definition) is 2. The summed E-state index contributed by atoms with van der Waals surface area (Å²) < 4.78 is 1.81. The van der Waals surface area contributed by atoms with Gasteiger partial charge in [-0.3, -0.25) is 0 Å². The quantitative estimate of drug-likeness (QED) is 0.467. The van der Waals surface area contributed by atoms with Crippen molar-refractivity contribution in [3.8, 4) is 0 Å². The van der Waals surface area contributed by atoms with Gasteiger partial charge in [-0.15, -0.1) is 4.68 Å². The summed E-state index contributed by atoms with van der Waals surface area (Å²) in [6, 6.07) is 2.27. The van der Waals surface area contributed by atoms with Crippen molar-refractivity contribution in [1.82, 2.24) is 10.3 Å². The summed E-state index contributed by atoms with van der Waals surface area (Å²) in [5.41, 5.74) is 0. The second-order valence-electron chi connectivity index (χ2n) is 2.17. The van der Waals surface area contributed by atoms with Gasteiger partial charge in [-0.1, -0.05) is 0 Å². The number of halogens is 1. The van der Waals surface area contributed by atoms with Gasteiger partial charge in [0.25, 0.3) is 0 Å². The maximum Gasteiger partial charge on any atom is 0.171 e. The van der Waals surface area contributed by atoms with Crippen LogP contribution in [0.2, 0.25) is 0 Å². The molecule has 1 heterocycles. The monoisotopic (exact) mass is 203 g/mol. The third kappa shape index (κ3) is 2.39. The molecule has 0 N–H and O–H groups in total. The lowest BCUT2D eigenvalue weighted by Crippen LogP contribution is -3.00. The summed E-state index contributed by atoms with van der Waals surface area (Å²) in [6.07, 6.45) is 3.57. The number of rotatable bonds is 1. The van der Waals surface area contributed by atoms with Crippen LogP contribution < -0.4 is 21.7 Å². The number of hydrogen-bond donors (Lipinski definition) is 0. The second kappa shape index (κ2) is 4.33. The molecular formula is C6H10BrN3. The van der Waals surface area contributed by atoms with Crippen molar-refractivity contribution in [2.24, 2.45) is 0 Å². The fraction of sp³-hybridized carbons (Fsp3) is 0.500. The second-order valence-corrected chi connectivity index (χ2v) is 2.17. The van der Waals surface area contributed by atoms with Crippen LogP contribution in [-0.2, 0) is 0 Å². The first-order chi connectivity index (χ1) is 4.30. The van der Waals surface area contributed by atoms with Crippen molar-refractivity contribution < 1.29 is 21.7 Å². The third-order valence-corrected chi connectivity index (χ3v) is 1.08. The van der Waals surface area contributed by atoms with Crippen molar-refractivity contribution in [2.75, 3.05) is 0 Å². The van der Waals surface area contributed by atoms with Gasteiger partial charge >= 0.3 is 0 Å².